The van der Waals surface area contributed by atoms with Crippen LogP contribution >= 0.6 is 49.7 Å². The molecule has 0 aliphatic heterocycles. The van der Waals surface area contributed by atoms with Gasteiger partial charge in [-0.15, -0.1) is 0 Å². The van der Waals surface area contributed by atoms with E-state index in [0.717, 1.165) is 0 Å². The summed E-state index contributed by atoms with van der Waals surface area (Å²) in [4.78, 5) is 0.0478. The van der Waals surface area contributed by atoms with Crippen LogP contribution in [0.5, 0.6) is 0 Å². The molecular weight excluding hydrogens is 545 g/mol. The predicted molar refractivity (Wildman–Crippen MR) is 153 cm³/mol. The van der Waals surface area contributed by atoms with Crippen molar-refractivity contribution in [1.82, 2.24) is 0 Å². The predicted octanol–water partition coefficient (Wildman–Crippen LogP) is 6.40. The Morgan fingerprint density at radius 3 is 1.00 bits per heavy atom. The summed E-state index contributed by atoms with van der Waals surface area (Å²) in [7, 11) is 0. The summed E-state index contributed by atoms with van der Waals surface area (Å²) in [5.74, 6) is 0. The normalized spacial score (nSPS) is 11.1. The van der Waals surface area contributed by atoms with E-state index in [1.165, 1.54) is 82.0 Å². The van der Waals surface area contributed by atoms with E-state index in [-0.39, 0.29) is 26.2 Å². The SMILES string of the molecule is CCCC[N+](CCCC)(CCCC)CCCC.N#CC(=S)C(S)C#N.N#CC(=S)C(S)C#N.[Ni+3]. The molecule has 5 nitrogen and oxygen atoms in total. The molecule has 0 aliphatic carbocycles. The van der Waals surface area contributed by atoms with Crippen molar-refractivity contribution in [2.45, 2.75) is 89.6 Å². The average molecular weight is 586 g/mol. The van der Waals surface area contributed by atoms with Gasteiger partial charge in [-0.3, -0.25) is 0 Å². The molecule has 10 heteroatoms. The van der Waals surface area contributed by atoms with Crippen molar-refractivity contribution < 1.29 is 21.0 Å². The van der Waals surface area contributed by atoms with Gasteiger partial charge in [-0.1, -0.05) is 77.8 Å². The van der Waals surface area contributed by atoms with Gasteiger partial charge in [0.15, 0.2) is 0 Å². The number of nitriles is 4. The maximum absolute atomic E-state index is 8.07. The molecule has 2 unspecified atom stereocenters. The van der Waals surface area contributed by atoms with Gasteiger partial charge in [0.1, 0.15) is 32.4 Å². The van der Waals surface area contributed by atoms with Crippen LogP contribution in [0.1, 0.15) is 79.1 Å². The fourth-order valence-electron chi connectivity index (χ4n) is 2.88. The molecule has 0 amide bonds. The number of hydrogen-bond donors (Lipinski definition) is 2. The molecule has 0 aliphatic rings. The number of hydrogen-bond acceptors (Lipinski definition) is 8. The van der Waals surface area contributed by atoms with Crippen LogP contribution in [0, 0.1) is 45.3 Å². The second-order valence-corrected chi connectivity index (χ2v) is 9.58. The molecule has 0 bridgehead atoms. The molecule has 1 radical (unpaired) electrons. The maximum atomic E-state index is 8.07. The molecule has 0 aromatic carbocycles. The third-order valence-corrected chi connectivity index (χ3v) is 6.66. The molecule has 0 N–H and O–H groups in total. The number of quaternary nitrogens is 1. The number of unbranched alkanes of at least 4 members (excludes halogenated alkanes) is 4. The van der Waals surface area contributed by atoms with Crippen molar-refractivity contribution >= 4 is 59.4 Å². The second kappa shape index (κ2) is 28.5. The van der Waals surface area contributed by atoms with Gasteiger partial charge in [-0.25, -0.2) is 0 Å². The third-order valence-electron chi connectivity index (χ3n) is 4.91. The smallest absolute Gasteiger partial charge is 0.324 e. The summed E-state index contributed by atoms with van der Waals surface area (Å²) in [6.07, 6.45) is 11.1. The van der Waals surface area contributed by atoms with Crippen LogP contribution in [-0.4, -0.2) is 50.9 Å². The molecule has 0 aromatic heterocycles. The van der Waals surface area contributed by atoms with E-state index in [9.17, 15) is 0 Å². The van der Waals surface area contributed by atoms with Crippen LogP contribution in [0.2, 0.25) is 0 Å². The summed E-state index contributed by atoms with van der Waals surface area (Å²) in [5, 5.41) is 30.8. The van der Waals surface area contributed by atoms with Crippen LogP contribution in [0.25, 0.3) is 0 Å². The zero-order valence-electron chi connectivity index (χ0n) is 20.9. The van der Waals surface area contributed by atoms with E-state index < -0.39 is 10.5 Å². The van der Waals surface area contributed by atoms with Crippen LogP contribution in [0.15, 0.2) is 0 Å². The van der Waals surface area contributed by atoms with Crippen molar-refractivity contribution in [3.63, 3.8) is 0 Å². The first-order valence-corrected chi connectivity index (χ1v) is 13.4. The van der Waals surface area contributed by atoms with E-state index in [0.29, 0.717) is 0 Å². The van der Waals surface area contributed by atoms with Crippen molar-refractivity contribution in [2.24, 2.45) is 0 Å². The molecule has 0 rings (SSSR count). The van der Waals surface area contributed by atoms with E-state index >= 15 is 0 Å². The Labute approximate surface area is 240 Å². The van der Waals surface area contributed by atoms with Crippen LogP contribution in [0.3, 0.4) is 0 Å². The van der Waals surface area contributed by atoms with Gasteiger partial charge in [0.2, 0.25) is 0 Å². The van der Waals surface area contributed by atoms with Gasteiger partial charge in [-0.05, 0) is 25.7 Å². The summed E-state index contributed by atoms with van der Waals surface area (Å²) < 4.78 is 1.42. The van der Waals surface area contributed by atoms with Crippen molar-refractivity contribution in [2.75, 3.05) is 26.2 Å². The van der Waals surface area contributed by atoms with Crippen molar-refractivity contribution in [3.05, 3.63) is 0 Å². The summed E-state index contributed by atoms with van der Waals surface area (Å²) in [5.41, 5.74) is 0. The van der Waals surface area contributed by atoms with Crippen molar-refractivity contribution in [3.8, 4) is 24.3 Å². The van der Waals surface area contributed by atoms with Crippen LogP contribution in [-0.2, 0) is 16.5 Å². The average Bonchev–Trinajstić information content (AvgIpc) is 2.86. The van der Waals surface area contributed by atoms with Gasteiger partial charge in [0.25, 0.3) is 0 Å². The quantitative estimate of drug-likeness (QED) is 0.106. The minimum atomic E-state index is -0.713. The Morgan fingerprint density at radius 2 is 0.882 bits per heavy atom. The molecular formula is C24H40N5NiS4+4. The van der Waals surface area contributed by atoms with Crippen molar-refractivity contribution in [1.29, 1.82) is 21.0 Å². The fraction of sp³-hybridized carbons (Fsp3) is 0.750. The zero-order valence-corrected chi connectivity index (χ0v) is 25.3. The number of rotatable bonds is 14. The number of thiocarbonyl (C=S) groups is 2. The monoisotopic (exact) mass is 584 g/mol. The van der Waals surface area contributed by atoms with E-state index in [2.05, 4.69) is 77.4 Å². The number of nitrogens with zero attached hydrogens (tertiary/aromatic N) is 5. The Kier molecular flexibility index (Phi) is 34.0. The van der Waals surface area contributed by atoms with Crippen LogP contribution in [0.4, 0.5) is 0 Å². The summed E-state index contributed by atoms with van der Waals surface area (Å²) >= 11 is 16.2. The Hall–Kier alpha value is -0.706. The first-order valence-electron chi connectivity index (χ1n) is 11.6. The molecule has 191 valence electrons. The molecule has 0 saturated carbocycles. The van der Waals surface area contributed by atoms with Gasteiger partial charge >= 0.3 is 16.5 Å². The van der Waals surface area contributed by atoms with Gasteiger partial charge in [0.05, 0.1) is 38.3 Å². The zero-order chi connectivity index (χ0) is 26.1. The molecule has 0 aromatic rings. The molecule has 0 fully saturated rings. The van der Waals surface area contributed by atoms with E-state index in [1.54, 1.807) is 24.3 Å². The topological polar surface area (TPSA) is 95.2 Å². The molecule has 0 spiro atoms. The maximum Gasteiger partial charge on any atom is 3.00 e. The second-order valence-electron chi connectivity index (χ2n) is 7.67. The van der Waals surface area contributed by atoms with Gasteiger partial charge < -0.3 is 4.48 Å². The minimum absolute atomic E-state index is 0. The molecule has 0 saturated heterocycles. The summed E-state index contributed by atoms with van der Waals surface area (Å²) in [6, 6.07) is 6.73. The standard InChI is InChI=1S/C16H36N.2C4H2N2S2.Ni/c1-5-9-13-17(14-10-6-2,15-11-7-3)16-12-8-4;2*5-1-3(7)4(8)2-6;/h5-16H2,1-4H3;2*3,7H;/q+1;;;+3. The number of thiol groups is 2. The first kappa shape index (κ1) is 40.5. The Bertz CT molecular complexity index is 625. The minimum Gasteiger partial charge on any atom is -0.324 e. The summed E-state index contributed by atoms with van der Waals surface area (Å²) in [6.45, 7) is 15.0. The fourth-order valence-corrected chi connectivity index (χ4v) is 3.11. The first-order chi connectivity index (χ1) is 15.7. The van der Waals surface area contributed by atoms with Gasteiger partial charge in [-0.2, -0.15) is 46.3 Å². The third kappa shape index (κ3) is 23.1. The van der Waals surface area contributed by atoms with E-state index in [1.807, 2.05) is 0 Å². The molecule has 0 heterocycles. The largest absolute Gasteiger partial charge is 3.00 e. The Morgan fingerprint density at radius 1 is 0.647 bits per heavy atom. The molecule has 2 atom stereocenters. The van der Waals surface area contributed by atoms with Crippen LogP contribution < -0.4 is 0 Å². The Balaban J connectivity index is -0.000000222. The van der Waals surface area contributed by atoms with E-state index in [4.69, 9.17) is 21.0 Å². The van der Waals surface area contributed by atoms with Gasteiger partial charge in [0, 0.05) is 0 Å². The molecule has 34 heavy (non-hydrogen) atoms.